The Balaban J connectivity index is 1.58. The molecule has 1 aliphatic carbocycles. The molecule has 2 aromatic carbocycles. The normalized spacial score (nSPS) is 15.7. The lowest BCUT2D eigenvalue weighted by Crippen LogP contribution is -2.26. The van der Waals surface area contributed by atoms with Crippen molar-refractivity contribution >= 4 is 16.6 Å². The lowest BCUT2D eigenvalue weighted by atomic mass is 9.86. The van der Waals surface area contributed by atoms with Gasteiger partial charge < -0.3 is 19.7 Å². The summed E-state index contributed by atoms with van der Waals surface area (Å²) in [7, 11) is 3.38. The fraction of sp³-hybridized carbons (Fsp3) is 0.400. The predicted molar refractivity (Wildman–Crippen MR) is 122 cm³/mol. The van der Waals surface area contributed by atoms with E-state index in [1.807, 2.05) is 0 Å². The van der Waals surface area contributed by atoms with Crippen LogP contribution >= 0.6 is 0 Å². The van der Waals surface area contributed by atoms with Gasteiger partial charge in [0.25, 0.3) is 0 Å². The molecule has 5 nitrogen and oxygen atoms in total. The van der Waals surface area contributed by atoms with Crippen LogP contribution in [0.15, 0.2) is 36.4 Å². The molecule has 1 N–H and O–H groups in total. The highest BCUT2D eigenvalue weighted by molar-refractivity contribution is 5.97. The zero-order chi connectivity index (χ0) is 20.5. The van der Waals surface area contributed by atoms with Crippen molar-refractivity contribution in [1.82, 2.24) is 9.88 Å². The van der Waals surface area contributed by atoms with E-state index in [9.17, 15) is 0 Å². The van der Waals surface area contributed by atoms with Crippen LogP contribution in [0, 0.1) is 0 Å². The summed E-state index contributed by atoms with van der Waals surface area (Å²) in [5.41, 5.74) is 7.08. The van der Waals surface area contributed by atoms with Gasteiger partial charge in [-0.25, -0.2) is 4.98 Å². The van der Waals surface area contributed by atoms with Crippen LogP contribution in [0.2, 0.25) is 0 Å². The lowest BCUT2D eigenvalue weighted by molar-refractivity contribution is 0.352. The Morgan fingerprint density at radius 2 is 1.77 bits per heavy atom. The van der Waals surface area contributed by atoms with Gasteiger partial charge in [-0.3, -0.25) is 0 Å². The van der Waals surface area contributed by atoms with Gasteiger partial charge in [-0.1, -0.05) is 18.2 Å². The molecule has 5 rings (SSSR count). The van der Waals surface area contributed by atoms with Crippen LogP contribution in [0.25, 0.3) is 22.2 Å². The maximum absolute atomic E-state index is 5.58. The molecule has 0 spiro atoms. The Hall–Kier alpha value is -2.79. The molecule has 1 aromatic heterocycles. The molecule has 156 valence electrons. The van der Waals surface area contributed by atoms with E-state index in [4.69, 9.17) is 14.5 Å². The summed E-state index contributed by atoms with van der Waals surface area (Å²) in [4.78, 5) is 7.64. The maximum atomic E-state index is 5.58. The third kappa shape index (κ3) is 3.37. The Morgan fingerprint density at radius 3 is 2.57 bits per heavy atom. The van der Waals surface area contributed by atoms with E-state index < -0.39 is 0 Å². The molecule has 30 heavy (non-hydrogen) atoms. The standard InChI is InChI=1S/C25H29N3O2/c1-29-22-15-17-9-10-19-24(26-11-14-28-12-5-6-13-28)18-7-3-4-8-21(18)27-25(19)20(17)16-23(22)30-2/h3-4,7-8,15-16H,5-6,9-14H2,1-2H3,(H,26,27). The van der Waals surface area contributed by atoms with Crippen molar-refractivity contribution in [3.63, 3.8) is 0 Å². The molecule has 0 unspecified atom stereocenters. The summed E-state index contributed by atoms with van der Waals surface area (Å²) in [5, 5.41) is 5.00. The molecule has 2 heterocycles. The van der Waals surface area contributed by atoms with Gasteiger partial charge in [0.05, 0.1) is 25.4 Å². The van der Waals surface area contributed by atoms with Gasteiger partial charge >= 0.3 is 0 Å². The summed E-state index contributed by atoms with van der Waals surface area (Å²) in [6, 6.07) is 12.7. The summed E-state index contributed by atoms with van der Waals surface area (Å²) < 4.78 is 11.1. The van der Waals surface area contributed by atoms with Crippen LogP contribution in [-0.2, 0) is 12.8 Å². The first kappa shape index (κ1) is 19.2. The molecule has 3 aromatic rings. The SMILES string of the molecule is COc1cc2c(cc1OC)-c1nc3ccccc3c(NCCN3CCCC3)c1CC2. The number of para-hydroxylation sites is 1. The second-order valence-corrected chi connectivity index (χ2v) is 8.17. The summed E-state index contributed by atoms with van der Waals surface area (Å²) >= 11 is 0. The number of fused-ring (bicyclic) bond motifs is 4. The molecule has 2 aliphatic rings. The van der Waals surface area contributed by atoms with Crippen LogP contribution in [0.1, 0.15) is 24.0 Å². The fourth-order valence-corrected chi connectivity index (χ4v) is 4.87. The third-order valence-corrected chi connectivity index (χ3v) is 6.43. The number of ether oxygens (including phenoxy) is 2. The minimum Gasteiger partial charge on any atom is -0.493 e. The van der Waals surface area contributed by atoms with Crippen molar-refractivity contribution in [3.8, 4) is 22.8 Å². The first-order chi connectivity index (χ1) is 14.8. The van der Waals surface area contributed by atoms with Crippen molar-refractivity contribution in [2.24, 2.45) is 0 Å². The average Bonchev–Trinajstić information content (AvgIpc) is 3.31. The summed E-state index contributed by atoms with van der Waals surface area (Å²) in [6.07, 6.45) is 4.61. The summed E-state index contributed by atoms with van der Waals surface area (Å²) in [6.45, 7) is 4.50. The number of methoxy groups -OCH3 is 2. The Labute approximate surface area is 178 Å². The van der Waals surface area contributed by atoms with E-state index in [0.717, 1.165) is 54.2 Å². The second-order valence-electron chi connectivity index (χ2n) is 8.17. The van der Waals surface area contributed by atoms with Crippen LogP contribution in [-0.4, -0.2) is 50.3 Å². The van der Waals surface area contributed by atoms with E-state index in [1.165, 1.54) is 48.1 Å². The van der Waals surface area contributed by atoms with Gasteiger partial charge in [-0.05, 0) is 62.5 Å². The molecule has 1 saturated heterocycles. The topological polar surface area (TPSA) is 46.6 Å². The van der Waals surface area contributed by atoms with Crippen molar-refractivity contribution in [1.29, 1.82) is 0 Å². The number of rotatable bonds is 6. The lowest BCUT2D eigenvalue weighted by Gasteiger charge is -2.25. The smallest absolute Gasteiger partial charge is 0.161 e. The van der Waals surface area contributed by atoms with Crippen molar-refractivity contribution in [2.45, 2.75) is 25.7 Å². The third-order valence-electron chi connectivity index (χ3n) is 6.43. The van der Waals surface area contributed by atoms with Crippen LogP contribution in [0.5, 0.6) is 11.5 Å². The number of aryl methyl sites for hydroxylation is 1. The highest BCUT2D eigenvalue weighted by Gasteiger charge is 2.24. The predicted octanol–water partition coefficient (Wildman–Crippen LogP) is 4.53. The van der Waals surface area contributed by atoms with Gasteiger partial charge in [0.2, 0.25) is 0 Å². The van der Waals surface area contributed by atoms with Gasteiger partial charge in [0.1, 0.15) is 0 Å². The number of aromatic nitrogens is 1. The minimum absolute atomic E-state index is 0.752. The Morgan fingerprint density at radius 1 is 1.00 bits per heavy atom. The molecule has 0 amide bonds. The minimum atomic E-state index is 0.752. The van der Waals surface area contributed by atoms with Crippen LogP contribution in [0.4, 0.5) is 5.69 Å². The van der Waals surface area contributed by atoms with Crippen LogP contribution < -0.4 is 14.8 Å². The number of hydrogen-bond donors (Lipinski definition) is 1. The van der Waals surface area contributed by atoms with E-state index in [1.54, 1.807) is 14.2 Å². The molecular formula is C25H29N3O2. The fourth-order valence-electron chi connectivity index (χ4n) is 4.87. The van der Waals surface area contributed by atoms with Crippen molar-refractivity contribution in [2.75, 3.05) is 45.7 Å². The molecule has 0 atom stereocenters. The number of benzene rings is 2. The zero-order valence-corrected chi connectivity index (χ0v) is 17.8. The number of nitrogens with one attached hydrogen (secondary N) is 1. The van der Waals surface area contributed by atoms with E-state index in [2.05, 4.69) is 46.6 Å². The number of nitrogens with zero attached hydrogens (tertiary/aromatic N) is 2. The van der Waals surface area contributed by atoms with Crippen LogP contribution in [0.3, 0.4) is 0 Å². The van der Waals surface area contributed by atoms with Gasteiger partial charge in [0, 0.05) is 35.3 Å². The molecule has 1 fully saturated rings. The van der Waals surface area contributed by atoms with Gasteiger partial charge in [-0.15, -0.1) is 0 Å². The van der Waals surface area contributed by atoms with Crippen molar-refractivity contribution in [3.05, 3.63) is 47.5 Å². The van der Waals surface area contributed by atoms with Gasteiger partial charge in [-0.2, -0.15) is 0 Å². The van der Waals surface area contributed by atoms with Crippen molar-refractivity contribution < 1.29 is 9.47 Å². The first-order valence-corrected chi connectivity index (χ1v) is 10.9. The Bertz CT molecular complexity index is 1070. The van der Waals surface area contributed by atoms with E-state index >= 15 is 0 Å². The first-order valence-electron chi connectivity index (χ1n) is 10.9. The largest absolute Gasteiger partial charge is 0.493 e. The number of anilines is 1. The highest BCUT2D eigenvalue weighted by Crippen LogP contribution is 2.43. The Kier molecular flexibility index (Phi) is 5.21. The number of likely N-dealkylation sites (tertiary alicyclic amines) is 1. The maximum Gasteiger partial charge on any atom is 0.161 e. The molecule has 0 bridgehead atoms. The monoisotopic (exact) mass is 403 g/mol. The van der Waals surface area contributed by atoms with E-state index in [0.29, 0.717) is 0 Å². The van der Waals surface area contributed by atoms with Gasteiger partial charge in [0.15, 0.2) is 11.5 Å². The number of pyridine rings is 1. The van der Waals surface area contributed by atoms with E-state index in [-0.39, 0.29) is 0 Å². The summed E-state index contributed by atoms with van der Waals surface area (Å²) in [5.74, 6) is 1.53. The molecule has 5 heteroatoms. The molecule has 1 aliphatic heterocycles. The molecule has 0 radical (unpaired) electrons. The molecular weight excluding hydrogens is 374 g/mol. The second kappa shape index (κ2) is 8.15. The quantitative estimate of drug-likeness (QED) is 0.655. The molecule has 0 saturated carbocycles. The number of hydrogen-bond acceptors (Lipinski definition) is 5. The highest BCUT2D eigenvalue weighted by atomic mass is 16.5. The zero-order valence-electron chi connectivity index (χ0n) is 17.8. The average molecular weight is 404 g/mol.